The average molecular weight is 513 g/mol. The minimum Gasteiger partial charge on any atom is -0.378 e. The fourth-order valence-electron chi connectivity index (χ4n) is 5.34. The van der Waals surface area contributed by atoms with Crippen LogP contribution in [0, 0.1) is 5.82 Å². The van der Waals surface area contributed by atoms with Crippen molar-refractivity contribution >= 4 is 28.7 Å². The monoisotopic (exact) mass is 512 g/mol. The fourth-order valence-corrected chi connectivity index (χ4v) is 6.43. The first-order valence-corrected chi connectivity index (χ1v) is 13.5. The summed E-state index contributed by atoms with van der Waals surface area (Å²) in [5.74, 6) is 0.752. The molecule has 1 saturated heterocycles. The summed E-state index contributed by atoms with van der Waals surface area (Å²) in [5.41, 5.74) is -0.143. The predicted octanol–water partition coefficient (Wildman–Crippen LogP) is 3.10. The molecule has 1 atom stereocenters. The highest BCUT2D eigenvalue weighted by Crippen LogP contribution is 2.30. The third-order valence-corrected chi connectivity index (χ3v) is 8.30. The van der Waals surface area contributed by atoms with E-state index in [0.29, 0.717) is 31.2 Å². The van der Waals surface area contributed by atoms with Crippen LogP contribution in [0.25, 0.3) is 11.0 Å². The molecule has 0 radical (unpaired) electrons. The number of thioether (sulfide) groups is 1. The van der Waals surface area contributed by atoms with Crippen LogP contribution in [-0.2, 0) is 4.79 Å². The molecule has 5 rings (SSSR count). The highest BCUT2D eigenvalue weighted by Gasteiger charge is 2.30. The zero-order valence-electron chi connectivity index (χ0n) is 19.8. The third-order valence-electron chi connectivity index (χ3n) is 7.25. The number of amides is 1. The van der Waals surface area contributed by atoms with E-state index < -0.39 is 29.1 Å². The maximum absolute atomic E-state index is 14.1. The average Bonchev–Trinajstić information content (AvgIpc) is 2.91. The van der Waals surface area contributed by atoms with Crippen molar-refractivity contribution in [1.82, 2.24) is 19.4 Å². The Morgan fingerprint density at radius 2 is 1.69 bits per heavy atom. The molecule has 10 heteroatoms. The highest BCUT2D eigenvalue weighted by atomic mass is 32.2. The van der Waals surface area contributed by atoms with Crippen LogP contribution in [0.15, 0.2) is 52.2 Å². The summed E-state index contributed by atoms with van der Waals surface area (Å²) in [6.45, 7) is 0. The number of nitrogens with one attached hydrogen (secondary N) is 1. The lowest BCUT2D eigenvalue weighted by Crippen LogP contribution is -2.47. The summed E-state index contributed by atoms with van der Waals surface area (Å²) < 4.78 is 16.9. The van der Waals surface area contributed by atoms with Crippen molar-refractivity contribution in [3.8, 4) is 0 Å². The molecular formula is C26H29FN4O4S. The van der Waals surface area contributed by atoms with Gasteiger partial charge in [-0.1, -0.05) is 30.3 Å². The first-order valence-electron chi connectivity index (χ1n) is 12.4. The van der Waals surface area contributed by atoms with Crippen LogP contribution in [0.1, 0.15) is 62.3 Å². The number of hydrogen-bond acceptors (Lipinski definition) is 6. The number of aliphatic hydroxyl groups excluding tert-OH is 1. The molecule has 1 aliphatic carbocycles. The summed E-state index contributed by atoms with van der Waals surface area (Å²) >= 11 is 1.83. The largest absolute Gasteiger partial charge is 0.378 e. The van der Waals surface area contributed by atoms with Crippen LogP contribution in [0.3, 0.4) is 0 Å². The second-order valence-corrected chi connectivity index (χ2v) is 10.7. The van der Waals surface area contributed by atoms with Crippen molar-refractivity contribution in [2.24, 2.45) is 0 Å². The number of aromatic nitrogens is 3. The lowest BCUT2D eigenvalue weighted by atomic mass is 9.90. The van der Waals surface area contributed by atoms with Crippen LogP contribution in [0.4, 0.5) is 4.39 Å². The van der Waals surface area contributed by atoms with Gasteiger partial charge in [0, 0.05) is 18.1 Å². The predicted molar refractivity (Wildman–Crippen MR) is 137 cm³/mol. The number of carbonyl (C=O) groups is 1. The second-order valence-electron chi connectivity index (χ2n) is 9.52. The zero-order valence-corrected chi connectivity index (χ0v) is 20.6. The van der Waals surface area contributed by atoms with E-state index in [-0.39, 0.29) is 29.2 Å². The van der Waals surface area contributed by atoms with Gasteiger partial charge in [0.2, 0.25) is 0 Å². The molecule has 36 heavy (non-hydrogen) atoms. The standard InChI is InChI=1S/C26H29FN4O4S/c27-17-14-21-23(28-15-17)30(20-10-12-36-13-11-20)26(35)31(25(21)34)19-8-6-18(7-9-19)29-24(33)22(32)16-4-2-1-3-5-16/h1-5,14-15,18-20,22,32H,6-13H2,(H,29,33)/t18-,19+,22-/m0/s1. The molecule has 1 aliphatic heterocycles. The number of rotatable bonds is 5. The van der Waals surface area contributed by atoms with Gasteiger partial charge in [-0.15, -0.1) is 0 Å². The van der Waals surface area contributed by atoms with E-state index in [4.69, 9.17) is 0 Å². The number of nitrogens with zero attached hydrogens (tertiary/aromatic N) is 3. The number of benzene rings is 1. The number of fused-ring (bicyclic) bond motifs is 1. The van der Waals surface area contributed by atoms with Crippen molar-refractivity contribution in [2.75, 3.05) is 11.5 Å². The Balaban J connectivity index is 1.38. The number of aliphatic hydroxyl groups is 1. The molecule has 3 heterocycles. The van der Waals surface area contributed by atoms with Crippen LogP contribution in [0.5, 0.6) is 0 Å². The van der Waals surface area contributed by atoms with Crippen LogP contribution < -0.4 is 16.6 Å². The summed E-state index contributed by atoms with van der Waals surface area (Å²) in [4.78, 5) is 43.8. The van der Waals surface area contributed by atoms with Gasteiger partial charge in [-0.2, -0.15) is 11.8 Å². The SMILES string of the molecule is O=C(N[C@H]1CC[C@@H](n2c(=O)c3cc(F)cnc3n(C3CCSCC3)c2=O)CC1)[C@@H](O)c1ccccc1. The van der Waals surface area contributed by atoms with Crippen molar-refractivity contribution < 1.29 is 14.3 Å². The lowest BCUT2D eigenvalue weighted by molar-refractivity contribution is -0.130. The van der Waals surface area contributed by atoms with Gasteiger partial charge in [0.15, 0.2) is 6.10 Å². The quantitative estimate of drug-likeness (QED) is 0.544. The van der Waals surface area contributed by atoms with Crippen molar-refractivity contribution in [2.45, 2.75) is 62.8 Å². The fraction of sp³-hybridized carbons (Fsp3) is 0.462. The van der Waals surface area contributed by atoms with Crippen molar-refractivity contribution in [3.63, 3.8) is 0 Å². The maximum atomic E-state index is 14.1. The number of carbonyl (C=O) groups excluding carboxylic acids is 1. The van der Waals surface area contributed by atoms with Crippen LogP contribution in [-0.4, -0.2) is 42.7 Å². The summed E-state index contributed by atoms with van der Waals surface area (Å²) in [6.07, 6.45) is 3.52. The molecule has 2 aromatic heterocycles. The molecule has 3 aromatic rings. The molecule has 0 bridgehead atoms. The Morgan fingerprint density at radius 3 is 2.39 bits per heavy atom. The number of halogens is 1. The Kier molecular flexibility index (Phi) is 7.25. The molecule has 190 valence electrons. The van der Waals surface area contributed by atoms with Crippen LogP contribution in [0.2, 0.25) is 0 Å². The van der Waals surface area contributed by atoms with Gasteiger partial charge < -0.3 is 10.4 Å². The Bertz CT molecular complexity index is 1360. The Labute approximate surface area is 211 Å². The number of pyridine rings is 1. The minimum atomic E-state index is -1.25. The first kappa shape index (κ1) is 24.7. The van der Waals surface area contributed by atoms with Crippen molar-refractivity contribution in [1.29, 1.82) is 0 Å². The molecule has 2 fully saturated rings. The first-order chi connectivity index (χ1) is 17.4. The van der Waals surface area contributed by atoms with Gasteiger partial charge in [-0.25, -0.2) is 14.2 Å². The summed E-state index contributed by atoms with van der Waals surface area (Å²) in [6, 6.07) is 9.30. The van der Waals surface area contributed by atoms with Gasteiger partial charge in [0.05, 0.1) is 11.6 Å². The third kappa shape index (κ3) is 4.84. The molecule has 1 saturated carbocycles. The van der Waals surface area contributed by atoms with Gasteiger partial charge in [0.1, 0.15) is 11.5 Å². The summed E-state index contributed by atoms with van der Waals surface area (Å²) in [5, 5.41) is 13.4. The molecule has 1 amide bonds. The van der Waals surface area contributed by atoms with Crippen molar-refractivity contribution in [3.05, 3.63) is 74.8 Å². The topological polar surface area (TPSA) is 106 Å². The second kappa shape index (κ2) is 10.6. The smallest absolute Gasteiger partial charge is 0.333 e. The molecule has 2 aliphatic rings. The van der Waals surface area contributed by atoms with Gasteiger partial charge in [0.25, 0.3) is 11.5 Å². The molecule has 2 N–H and O–H groups in total. The van der Waals surface area contributed by atoms with E-state index in [0.717, 1.165) is 30.5 Å². The highest BCUT2D eigenvalue weighted by molar-refractivity contribution is 7.99. The molecule has 1 aromatic carbocycles. The lowest BCUT2D eigenvalue weighted by Gasteiger charge is -2.32. The van der Waals surface area contributed by atoms with E-state index in [1.165, 1.54) is 10.6 Å². The molecular weight excluding hydrogens is 483 g/mol. The van der Waals surface area contributed by atoms with Gasteiger partial charge >= 0.3 is 5.69 Å². The maximum Gasteiger partial charge on any atom is 0.333 e. The summed E-state index contributed by atoms with van der Waals surface area (Å²) in [7, 11) is 0. The van der Waals surface area contributed by atoms with E-state index in [9.17, 15) is 23.9 Å². The van der Waals surface area contributed by atoms with E-state index in [1.54, 1.807) is 28.8 Å². The van der Waals surface area contributed by atoms with Crippen LogP contribution >= 0.6 is 11.8 Å². The minimum absolute atomic E-state index is 0.0823. The Morgan fingerprint density at radius 1 is 1.03 bits per heavy atom. The molecule has 8 nitrogen and oxygen atoms in total. The van der Waals surface area contributed by atoms with Gasteiger partial charge in [-0.3, -0.25) is 18.7 Å². The number of hydrogen-bond donors (Lipinski definition) is 2. The van der Waals surface area contributed by atoms with E-state index >= 15 is 0 Å². The van der Waals surface area contributed by atoms with Gasteiger partial charge in [-0.05, 0) is 61.7 Å². The zero-order chi connectivity index (χ0) is 25.2. The normalized spacial score (nSPS) is 21.8. The van der Waals surface area contributed by atoms with E-state index in [1.807, 2.05) is 17.8 Å². The molecule has 0 unspecified atom stereocenters. The Hall–Kier alpha value is -2.98. The molecule has 0 spiro atoms. The van der Waals surface area contributed by atoms with E-state index in [2.05, 4.69) is 10.3 Å².